The molecule has 1 aliphatic heterocycles. The standard InChI is InChI=1S/C27H29ClF3N3O4/c1-38-17-2-3-21-18(14-17)24(19(28)15-33-21)23(35)4-5-27(26(36)37)6-9-34(10-7-27)11-8-32-22-13-16(29)12-20(30)25(22)31/h2-3,12-15,23,32,35H,4-11H2,1H3,(H,36,37). The Kier molecular flexibility index (Phi) is 8.64. The number of aliphatic hydroxyl groups excluding tert-OH is 1. The van der Waals surface area contributed by atoms with Gasteiger partial charge in [0.1, 0.15) is 11.6 Å². The number of pyridine rings is 1. The quantitative estimate of drug-likeness (QED) is 0.290. The van der Waals surface area contributed by atoms with Gasteiger partial charge in [-0.15, -0.1) is 0 Å². The summed E-state index contributed by atoms with van der Waals surface area (Å²) < 4.78 is 45.9. The Bertz CT molecular complexity index is 1320. The van der Waals surface area contributed by atoms with Gasteiger partial charge in [-0.1, -0.05) is 11.6 Å². The van der Waals surface area contributed by atoms with Crippen LogP contribution < -0.4 is 10.1 Å². The lowest BCUT2D eigenvalue weighted by molar-refractivity contribution is -0.153. The van der Waals surface area contributed by atoms with Crippen molar-refractivity contribution in [2.24, 2.45) is 5.41 Å². The third-order valence-corrected chi connectivity index (χ3v) is 7.60. The topological polar surface area (TPSA) is 94.9 Å². The molecular formula is C27H29ClF3N3O4. The van der Waals surface area contributed by atoms with Gasteiger partial charge in [-0.2, -0.15) is 0 Å². The second-order valence-corrected chi connectivity index (χ2v) is 9.97. The number of benzene rings is 2. The van der Waals surface area contributed by atoms with E-state index in [1.54, 1.807) is 18.2 Å². The highest BCUT2D eigenvalue weighted by molar-refractivity contribution is 6.32. The summed E-state index contributed by atoms with van der Waals surface area (Å²) in [5.41, 5.74) is -0.149. The predicted molar refractivity (Wildman–Crippen MR) is 138 cm³/mol. The van der Waals surface area contributed by atoms with E-state index in [2.05, 4.69) is 10.3 Å². The van der Waals surface area contributed by atoms with Gasteiger partial charge in [-0.3, -0.25) is 9.78 Å². The van der Waals surface area contributed by atoms with E-state index in [1.807, 2.05) is 4.90 Å². The number of nitrogens with one attached hydrogen (secondary N) is 1. The van der Waals surface area contributed by atoms with Gasteiger partial charge < -0.3 is 25.2 Å². The number of hydrogen-bond acceptors (Lipinski definition) is 6. The van der Waals surface area contributed by atoms with Crippen LogP contribution in [0.15, 0.2) is 36.5 Å². The van der Waals surface area contributed by atoms with Crippen LogP contribution in [0.2, 0.25) is 5.02 Å². The number of aliphatic carboxylic acids is 1. The number of carboxylic acids is 1. The number of rotatable bonds is 10. The SMILES string of the molecule is COc1ccc2ncc(Cl)c(C(O)CCC3(C(=O)O)CCN(CCNc4cc(F)cc(F)c4F)CC3)c2c1. The van der Waals surface area contributed by atoms with E-state index in [4.69, 9.17) is 16.3 Å². The second kappa shape index (κ2) is 11.8. The van der Waals surface area contributed by atoms with E-state index in [-0.39, 0.29) is 25.1 Å². The van der Waals surface area contributed by atoms with Crippen LogP contribution >= 0.6 is 11.6 Å². The lowest BCUT2D eigenvalue weighted by atomic mass is 9.74. The summed E-state index contributed by atoms with van der Waals surface area (Å²) in [5, 5.41) is 24.8. The Morgan fingerprint density at radius 2 is 1.97 bits per heavy atom. The Morgan fingerprint density at radius 1 is 1.24 bits per heavy atom. The van der Waals surface area contributed by atoms with Crippen LogP contribution in [0.25, 0.3) is 10.9 Å². The molecule has 7 nitrogen and oxygen atoms in total. The third kappa shape index (κ3) is 5.98. The highest BCUT2D eigenvalue weighted by Crippen LogP contribution is 2.41. The van der Waals surface area contributed by atoms with E-state index in [9.17, 15) is 28.2 Å². The molecule has 0 aliphatic carbocycles. The van der Waals surface area contributed by atoms with E-state index in [0.29, 0.717) is 65.8 Å². The Morgan fingerprint density at radius 3 is 2.66 bits per heavy atom. The molecule has 3 N–H and O–H groups in total. The number of piperidine rings is 1. The zero-order valence-corrected chi connectivity index (χ0v) is 21.6. The van der Waals surface area contributed by atoms with Gasteiger partial charge in [0, 0.05) is 42.4 Å². The molecule has 1 saturated heterocycles. The van der Waals surface area contributed by atoms with Crippen LogP contribution in [0.4, 0.5) is 18.9 Å². The van der Waals surface area contributed by atoms with E-state index in [1.165, 1.54) is 13.3 Å². The maximum Gasteiger partial charge on any atom is 0.309 e. The Balaban J connectivity index is 1.37. The molecule has 1 aromatic heterocycles. The van der Waals surface area contributed by atoms with Crippen LogP contribution in [-0.2, 0) is 4.79 Å². The molecule has 4 rings (SSSR count). The maximum absolute atomic E-state index is 13.8. The van der Waals surface area contributed by atoms with Crippen molar-refractivity contribution in [3.63, 3.8) is 0 Å². The molecule has 204 valence electrons. The number of halogens is 4. The van der Waals surface area contributed by atoms with Gasteiger partial charge in [0.25, 0.3) is 0 Å². The summed E-state index contributed by atoms with van der Waals surface area (Å²) in [7, 11) is 1.54. The summed E-state index contributed by atoms with van der Waals surface area (Å²) in [6, 6.07) is 6.65. The van der Waals surface area contributed by atoms with E-state index < -0.39 is 34.9 Å². The molecule has 1 atom stereocenters. The third-order valence-electron chi connectivity index (χ3n) is 7.30. The van der Waals surface area contributed by atoms with Gasteiger partial charge in [-0.05, 0) is 57.0 Å². The van der Waals surface area contributed by atoms with Crippen molar-refractivity contribution in [3.8, 4) is 5.75 Å². The van der Waals surface area contributed by atoms with Gasteiger partial charge in [-0.25, -0.2) is 13.2 Å². The number of likely N-dealkylation sites (tertiary alicyclic amines) is 1. The minimum Gasteiger partial charge on any atom is -0.497 e. The molecular weight excluding hydrogens is 523 g/mol. The lowest BCUT2D eigenvalue weighted by Gasteiger charge is -2.39. The number of hydrogen-bond donors (Lipinski definition) is 3. The Hall–Kier alpha value is -3.08. The molecule has 2 aromatic carbocycles. The van der Waals surface area contributed by atoms with Gasteiger partial charge in [0.2, 0.25) is 0 Å². The number of carbonyl (C=O) groups is 1. The fraction of sp³-hybridized carbons (Fsp3) is 0.407. The number of aliphatic hydroxyl groups is 1. The van der Waals surface area contributed by atoms with Crippen molar-refractivity contribution in [1.82, 2.24) is 9.88 Å². The largest absolute Gasteiger partial charge is 0.497 e. The first kappa shape index (κ1) is 27.9. The van der Waals surface area contributed by atoms with Crippen molar-refractivity contribution in [2.45, 2.75) is 31.8 Å². The first-order valence-corrected chi connectivity index (χ1v) is 12.7. The minimum atomic E-state index is -1.26. The molecule has 2 heterocycles. The molecule has 0 saturated carbocycles. The number of ether oxygens (including phenoxy) is 1. The van der Waals surface area contributed by atoms with Crippen molar-refractivity contribution in [1.29, 1.82) is 0 Å². The van der Waals surface area contributed by atoms with Crippen LogP contribution in [0.5, 0.6) is 5.75 Å². The maximum atomic E-state index is 13.8. The molecule has 1 unspecified atom stereocenters. The average Bonchev–Trinajstić information content (AvgIpc) is 2.90. The van der Waals surface area contributed by atoms with Gasteiger partial charge in [0.15, 0.2) is 11.6 Å². The smallest absolute Gasteiger partial charge is 0.309 e. The number of methoxy groups -OCH3 is 1. The molecule has 1 aliphatic rings. The highest BCUT2D eigenvalue weighted by atomic mass is 35.5. The fourth-order valence-electron chi connectivity index (χ4n) is 5.00. The summed E-state index contributed by atoms with van der Waals surface area (Å²) in [5.74, 6) is -3.62. The van der Waals surface area contributed by atoms with Gasteiger partial charge >= 0.3 is 5.97 Å². The first-order valence-electron chi connectivity index (χ1n) is 12.3. The summed E-state index contributed by atoms with van der Waals surface area (Å²) >= 11 is 6.39. The number of fused-ring (bicyclic) bond motifs is 1. The average molecular weight is 552 g/mol. The van der Waals surface area contributed by atoms with Crippen LogP contribution in [0.3, 0.4) is 0 Å². The van der Waals surface area contributed by atoms with E-state index in [0.717, 1.165) is 6.07 Å². The predicted octanol–water partition coefficient (Wildman–Crippen LogP) is 5.41. The molecule has 3 aromatic rings. The molecule has 0 spiro atoms. The van der Waals surface area contributed by atoms with Crippen LogP contribution in [-0.4, -0.2) is 59.4 Å². The monoisotopic (exact) mass is 551 g/mol. The van der Waals surface area contributed by atoms with Crippen molar-refractivity contribution >= 4 is 34.2 Å². The number of aromatic nitrogens is 1. The highest BCUT2D eigenvalue weighted by Gasteiger charge is 2.41. The summed E-state index contributed by atoms with van der Waals surface area (Å²) in [4.78, 5) is 18.6. The molecule has 11 heteroatoms. The number of nitrogens with zero attached hydrogens (tertiary/aromatic N) is 2. The summed E-state index contributed by atoms with van der Waals surface area (Å²) in [6.45, 7) is 1.62. The van der Waals surface area contributed by atoms with Crippen molar-refractivity contribution in [2.75, 3.05) is 38.6 Å². The second-order valence-electron chi connectivity index (χ2n) is 9.56. The zero-order chi connectivity index (χ0) is 27.4. The Labute approximate surface area is 223 Å². The van der Waals surface area contributed by atoms with Crippen molar-refractivity contribution in [3.05, 3.63) is 64.6 Å². The molecule has 0 radical (unpaired) electrons. The molecule has 0 bridgehead atoms. The lowest BCUT2D eigenvalue weighted by Crippen LogP contribution is -2.45. The van der Waals surface area contributed by atoms with Crippen LogP contribution in [0.1, 0.15) is 37.4 Å². The fourth-order valence-corrected chi connectivity index (χ4v) is 5.28. The number of carboxylic acid groups (broad SMARTS) is 1. The zero-order valence-electron chi connectivity index (χ0n) is 20.8. The molecule has 1 fully saturated rings. The first-order chi connectivity index (χ1) is 18.1. The molecule has 0 amide bonds. The minimum absolute atomic E-state index is 0.189. The van der Waals surface area contributed by atoms with Crippen LogP contribution in [0, 0.1) is 22.9 Å². The number of anilines is 1. The molecule has 38 heavy (non-hydrogen) atoms. The van der Waals surface area contributed by atoms with E-state index >= 15 is 0 Å². The summed E-state index contributed by atoms with van der Waals surface area (Å²) in [6.07, 6.45) is 1.62. The van der Waals surface area contributed by atoms with Gasteiger partial charge in [0.05, 0.1) is 34.9 Å². The normalized spacial score (nSPS) is 16.4. The van der Waals surface area contributed by atoms with Crippen molar-refractivity contribution < 1.29 is 32.9 Å².